The van der Waals surface area contributed by atoms with Gasteiger partial charge in [-0.15, -0.1) is 0 Å². The van der Waals surface area contributed by atoms with Crippen LogP contribution in [0.1, 0.15) is 29.4 Å². The van der Waals surface area contributed by atoms with Gasteiger partial charge in [-0.1, -0.05) is 0 Å². The van der Waals surface area contributed by atoms with Gasteiger partial charge in [-0.2, -0.15) is 11.8 Å². The maximum absolute atomic E-state index is 14.6. The van der Waals surface area contributed by atoms with Gasteiger partial charge in [-0.05, 0) is 31.4 Å². The monoisotopic (exact) mass is 446 g/mol. The first kappa shape index (κ1) is 22.5. The number of carbonyl (C=O) groups is 2. The van der Waals surface area contributed by atoms with Crippen LogP contribution in [0.15, 0.2) is 35.6 Å². The zero-order valence-electron chi connectivity index (χ0n) is 17.4. The minimum Gasteiger partial charge on any atom is -0.476 e. The Hall–Kier alpha value is -3.21. The molecule has 0 aliphatic carbocycles. The summed E-state index contributed by atoms with van der Waals surface area (Å²) in [4.78, 5) is 38.4. The summed E-state index contributed by atoms with van der Waals surface area (Å²) in [6.07, 6.45) is 4.59. The maximum Gasteiger partial charge on any atom is 0.275 e. The number of aliphatic imine (C=N–C) groups is 1. The number of halogens is 1. The molecule has 0 radical (unpaired) electrons. The lowest BCUT2D eigenvalue weighted by Crippen LogP contribution is -2.47. The van der Waals surface area contributed by atoms with Crippen molar-refractivity contribution < 1.29 is 18.7 Å². The third kappa shape index (κ3) is 5.10. The van der Waals surface area contributed by atoms with Crippen molar-refractivity contribution in [2.45, 2.75) is 18.9 Å². The minimum atomic E-state index is -1.19. The van der Waals surface area contributed by atoms with Gasteiger partial charge in [0, 0.05) is 24.1 Å². The second-order valence-corrected chi connectivity index (χ2v) is 8.09. The molecule has 1 aliphatic heterocycles. The summed E-state index contributed by atoms with van der Waals surface area (Å²) >= 11 is 1.64. The zero-order valence-corrected chi connectivity index (χ0v) is 18.2. The van der Waals surface area contributed by atoms with E-state index >= 15 is 0 Å². The third-order valence-corrected chi connectivity index (χ3v) is 5.35. The molecule has 2 amide bonds. The van der Waals surface area contributed by atoms with Gasteiger partial charge >= 0.3 is 0 Å². The topological polar surface area (TPSA) is 123 Å². The van der Waals surface area contributed by atoms with Gasteiger partial charge in [0.15, 0.2) is 5.96 Å². The van der Waals surface area contributed by atoms with Crippen LogP contribution >= 0.6 is 11.8 Å². The van der Waals surface area contributed by atoms with Gasteiger partial charge in [0.2, 0.25) is 11.8 Å². The highest BCUT2D eigenvalue weighted by Crippen LogP contribution is 2.35. The molecule has 11 heteroatoms. The van der Waals surface area contributed by atoms with Gasteiger partial charge in [-0.3, -0.25) is 14.5 Å². The van der Waals surface area contributed by atoms with Crippen LogP contribution < -0.4 is 15.8 Å². The number of ether oxygens (including phenoxy) is 1. The Morgan fingerprint density at radius 3 is 2.81 bits per heavy atom. The number of aromatic nitrogens is 2. The first-order valence-electron chi connectivity index (χ1n) is 9.40. The number of guanidine groups is 1. The van der Waals surface area contributed by atoms with Crippen molar-refractivity contribution in [2.24, 2.45) is 10.7 Å². The summed E-state index contributed by atoms with van der Waals surface area (Å²) < 4.78 is 20.0. The van der Waals surface area contributed by atoms with E-state index in [1.807, 2.05) is 6.26 Å². The summed E-state index contributed by atoms with van der Waals surface area (Å²) in [5.41, 5.74) is 5.18. The molecule has 1 atom stereocenters. The lowest BCUT2D eigenvalue weighted by Gasteiger charge is -2.34. The number of hydrogen-bond donors (Lipinski definition) is 2. The van der Waals surface area contributed by atoms with Gasteiger partial charge in [0.1, 0.15) is 11.5 Å². The van der Waals surface area contributed by atoms with Crippen molar-refractivity contribution in [1.82, 2.24) is 14.9 Å². The fourth-order valence-electron chi connectivity index (χ4n) is 3.01. The van der Waals surface area contributed by atoms with E-state index in [4.69, 9.17) is 10.5 Å². The van der Waals surface area contributed by atoms with E-state index in [2.05, 4.69) is 20.3 Å². The molecule has 9 nitrogen and oxygen atoms in total. The highest BCUT2D eigenvalue weighted by atomic mass is 32.2. The molecule has 1 unspecified atom stereocenters. The number of thioether (sulfide) groups is 1. The maximum atomic E-state index is 14.6. The van der Waals surface area contributed by atoms with Gasteiger partial charge in [0.25, 0.3) is 5.91 Å². The molecule has 0 saturated carbocycles. The fraction of sp³-hybridized carbons (Fsp3) is 0.350. The molecular formula is C20H23FN6O3S. The van der Waals surface area contributed by atoms with Crippen LogP contribution in [0.5, 0.6) is 5.88 Å². The number of nitrogens with zero attached hydrogens (tertiary/aromatic N) is 4. The summed E-state index contributed by atoms with van der Waals surface area (Å²) in [5, 5.41) is 2.66. The van der Waals surface area contributed by atoms with E-state index in [9.17, 15) is 14.0 Å². The smallest absolute Gasteiger partial charge is 0.275 e. The molecule has 0 bridgehead atoms. The summed E-state index contributed by atoms with van der Waals surface area (Å²) in [6.45, 7) is 2.11. The van der Waals surface area contributed by atoms with Crippen LogP contribution in [0.3, 0.4) is 0 Å². The summed E-state index contributed by atoms with van der Waals surface area (Å²) in [6, 6.07) is 4.06. The number of benzene rings is 1. The number of nitrogens with one attached hydrogen (secondary N) is 1. The molecule has 31 heavy (non-hydrogen) atoms. The Morgan fingerprint density at radius 1 is 1.39 bits per heavy atom. The molecule has 3 N–H and O–H groups in total. The van der Waals surface area contributed by atoms with E-state index in [-0.39, 0.29) is 29.5 Å². The number of hydrogen-bond acceptors (Lipinski definition) is 8. The van der Waals surface area contributed by atoms with Crippen LogP contribution in [0, 0.1) is 5.82 Å². The van der Waals surface area contributed by atoms with Crippen LogP contribution in [0.4, 0.5) is 10.1 Å². The second kappa shape index (κ2) is 9.29. The molecule has 0 fully saturated rings. The van der Waals surface area contributed by atoms with Crippen LogP contribution in [0.25, 0.3) is 0 Å². The Labute approximate surface area is 183 Å². The normalized spacial score (nSPS) is 18.5. The van der Waals surface area contributed by atoms with Crippen molar-refractivity contribution >= 4 is 35.2 Å². The molecule has 3 rings (SSSR count). The average Bonchev–Trinajstić information content (AvgIpc) is 2.74. The number of amides is 2. The van der Waals surface area contributed by atoms with Gasteiger partial charge in [-0.25, -0.2) is 19.4 Å². The van der Waals surface area contributed by atoms with Crippen molar-refractivity contribution in [3.8, 4) is 5.88 Å². The standard InChI is InChI=1S/C20H23FN6O3S/c1-20(9-17(28)27(2)19(22)26-20)13-8-12(4-5-14(13)21)25-18(29)15-10-24-16(11-23-15)30-6-7-31-3/h4-5,8,10-11H,6-7,9H2,1-3H3,(H2,22,26)(H,25,29). The first-order chi connectivity index (χ1) is 14.7. The lowest BCUT2D eigenvalue weighted by atomic mass is 9.87. The average molecular weight is 447 g/mol. The number of nitrogens with two attached hydrogens (primary N) is 1. The molecule has 1 aromatic heterocycles. The quantitative estimate of drug-likeness (QED) is 0.624. The molecule has 0 saturated heterocycles. The summed E-state index contributed by atoms with van der Waals surface area (Å²) in [5.74, 6) is -0.214. The van der Waals surface area contributed by atoms with Crippen molar-refractivity contribution in [2.75, 3.05) is 31.0 Å². The Morgan fingerprint density at radius 2 is 2.16 bits per heavy atom. The van der Waals surface area contributed by atoms with Crippen molar-refractivity contribution in [3.63, 3.8) is 0 Å². The van der Waals surface area contributed by atoms with Crippen molar-refractivity contribution in [3.05, 3.63) is 47.7 Å². The molecule has 0 spiro atoms. The fourth-order valence-corrected chi connectivity index (χ4v) is 3.26. The van der Waals surface area contributed by atoms with Crippen molar-refractivity contribution in [1.29, 1.82) is 0 Å². The molecular weight excluding hydrogens is 423 g/mol. The SMILES string of the molecule is CSCCOc1cnc(C(=O)Nc2ccc(F)c(C3(C)CC(=O)N(C)C(N)=N3)c2)cn1. The molecule has 1 aromatic carbocycles. The lowest BCUT2D eigenvalue weighted by molar-refractivity contribution is -0.128. The van der Waals surface area contributed by atoms with E-state index in [1.165, 1.54) is 42.5 Å². The number of carbonyl (C=O) groups excluding carboxylic acids is 2. The largest absolute Gasteiger partial charge is 0.476 e. The molecule has 2 aromatic rings. The van der Waals surface area contributed by atoms with Crippen LogP contribution in [-0.2, 0) is 10.3 Å². The van der Waals surface area contributed by atoms with E-state index in [1.54, 1.807) is 18.7 Å². The molecule has 164 valence electrons. The zero-order chi connectivity index (χ0) is 22.6. The highest BCUT2D eigenvalue weighted by Gasteiger charge is 2.38. The Kier molecular flexibility index (Phi) is 6.74. The Bertz CT molecular complexity index is 1020. The van der Waals surface area contributed by atoms with E-state index in [0.717, 1.165) is 5.75 Å². The van der Waals surface area contributed by atoms with Crippen LogP contribution in [0.2, 0.25) is 0 Å². The minimum absolute atomic E-state index is 0.00250. The van der Waals surface area contributed by atoms with Gasteiger partial charge in [0.05, 0.1) is 31.0 Å². The first-order valence-corrected chi connectivity index (χ1v) is 10.8. The molecule has 1 aliphatic rings. The highest BCUT2D eigenvalue weighted by molar-refractivity contribution is 7.98. The number of anilines is 1. The predicted molar refractivity (Wildman–Crippen MR) is 117 cm³/mol. The van der Waals surface area contributed by atoms with E-state index in [0.29, 0.717) is 18.2 Å². The van der Waals surface area contributed by atoms with Gasteiger partial charge < -0.3 is 15.8 Å². The summed E-state index contributed by atoms with van der Waals surface area (Å²) in [7, 11) is 1.51. The number of rotatable bonds is 7. The predicted octanol–water partition coefficient (Wildman–Crippen LogP) is 2.00. The van der Waals surface area contributed by atoms with E-state index < -0.39 is 17.3 Å². The molecule has 2 heterocycles. The second-order valence-electron chi connectivity index (χ2n) is 7.10. The Balaban J connectivity index is 1.78. The van der Waals surface area contributed by atoms with Crippen LogP contribution in [-0.4, -0.2) is 58.3 Å². The third-order valence-electron chi connectivity index (χ3n) is 4.78.